The van der Waals surface area contributed by atoms with Crippen molar-refractivity contribution in [3.05, 3.63) is 0 Å². The molecule has 0 spiro atoms. The normalized spacial score (nSPS) is 17.7. The minimum atomic E-state index is -0.637. The lowest BCUT2D eigenvalue weighted by Gasteiger charge is -2.41. The molecule has 0 atom stereocenters. The molecule has 3 amide bonds. The first-order valence-corrected chi connectivity index (χ1v) is 5.09. The first-order valence-electron chi connectivity index (χ1n) is 4.56. The molecule has 0 aromatic heterocycles. The average Bonchev–Trinajstić information content (AvgIpc) is 2.10. The SMILES string of the molecule is NC(=O)CC1(NC(=O)NCCCl)COC1. The summed E-state index contributed by atoms with van der Waals surface area (Å²) in [5, 5.41) is 5.20. The van der Waals surface area contributed by atoms with Crippen LogP contribution in [0.4, 0.5) is 4.79 Å². The molecule has 7 heteroatoms. The molecular weight excluding hydrogens is 222 g/mol. The highest BCUT2D eigenvalue weighted by atomic mass is 35.5. The van der Waals surface area contributed by atoms with Crippen molar-refractivity contribution < 1.29 is 14.3 Å². The number of ether oxygens (including phenoxy) is 1. The molecule has 0 aliphatic carbocycles. The molecule has 0 aromatic carbocycles. The molecule has 1 aliphatic rings. The highest BCUT2D eigenvalue weighted by Crippen LogP contribution is 2.20. The molecule has 86 valence electrons. The van der Waals surface area contributed by atoms with Crippen LogP contribution < -0.4 is 16.4 Å². The Bertz CT molecular complexity index is 256. The summed E-state index contributed by atoms with van der Waals surface area (Å²) in [7, 11) is 0. The summed E-state index contributed by atoms with van der Waals surface area (Å²) < 4.78 is 4.97. The fraction of sp³-hybridized carbons (Fsp3) is 0.750. The predicted molar refractivity (Wildman–Crippen MR) is 54.6 cm³/mol. The number of hydrogen-bond acceptors (Lipinski definition) is 3. The van der Waals surface area contributed by atoms with Gasteiger partial charge in [-0.2, -0.15) is 0 Å². The number of urea groups is 1. The van der Waals surface area contributed by atoms with Gasteiger partial charge >= 0.3 is 6.03 Å². The van der Waals surface area contributed by atoms with E-state index in [1.165, 1.54) is 0 Å². The van der Waals surface area contributed by atoms with E-state index in [9.17, 15) is 9.59 Å². The van der Waals surface area contributed by atoms with Crippen molar-refractivity contribution in [1.29, 1.82) is 0 Å². The van der Waals surface area contributed by atoms with E-state index in [0.717, 1.165) is 0 Å². The summed E-state index contributed by atoms with van der Waals surface area (Å²) >= 11 is 5.41. The van der Waals surface area contributed by atoms with Crippen LogP contribution in [0, 0.1) is 0 Å². The van der Waals surface area contributed by atoms with Crippen LogP contribution in [-0.2, 0) is 9.53 Å². The Hall–Kier alpha value is -1.01. The summed E-state index contributed by atoms with van der Waals surface area (Å²) in [5.74, 6) is -0.122. The van der Waals surface area contributed by atoms with Crippen LogP contribution in [0.5, 0.6) is 0 Å². The smallest absolute Gasteiger partial charge is 0.315 e. The lowest BCUT2D eigenvalue weighted by molar-refractivity contribution is -0.127. The summed E-state index contributed by atoms with van der Waals surface area (Å²) in [5.41, 5.74) is 4.44. The van der Waals surface area contributed by atoms with Gasteiger partial charge in [-0.05, 0) is 0 Å². The van der Waals surface area contributed by atoms with Crippen LogP contribution in [0.15, 0.2) is 0 Å². The van der Waals surface area contributed by atoms with Crippen molar-refractivity contribution in [1.82, 2.24) is 10.6 Å². The van der Waals surface area contributed by atoms with Gasteiger partial charge in [-0.3, -0.25) is 4.79 Å². The number of halogens is 1. The summed E-state index contributed by atoms with van der Waals surface area (Å²) in [6, 6.07) is -0.361. The first kappa shape index (κ1) is 12.1. The topological polar surface area (TPSA) is 93.5 Å². The molecule has 1 rings (SSSR count). The largest absolute Gasteiger partial charge is 0.376 e. The highest BCUT2D eigenvalue weighted by molar-refractivity contribution is 6.18. The van der Waals surface area contributed by atoms with E-state index in [0.29, 0.717) is 25.6 Å². The first-order chi connectivity index (χ1) is 7.08. The molecular formula is C8H14ClN3O3. The zero-order chi connectivity index (χ0) is 11.3. The number of primary amides is 1. The van der Waals surface area contributed by atoms with Gasteiger partial charge in [0.1, 0.15) is 0 Å². The summed E-state index contributed by atoms with van der Waals surface area (Å²) in [4.78, 5) is 22.1. The van der Waals surface area contributed by atoms with Gasteiger partial charge in [-0.1, -0.05) is 0 Å². The van der Waals surface area contributed by atoms with Crippen LogP contribution in [-0.4, -0.2) is 43.1 Å². The maximum atomic E-state index is 11.3. The Labute approximate surface area is 92.5 Å². The van der Waals surface area contributed by atoms with Crippen LogP contribution in [0.2, 0.25) is 0 Å². The second kappa shape index (κ2) is 5.18. The second-order valence-electron chi connectivity index (χ2n) is 3.49. The molecule has 1 fully saturated rings. The minimum absolute atomic E-state index is 0.0846. The van der Waals surface area contributed by atoms with E-state index >= 15 is 0 Å². The lowest BCUT2D eigenvalue weighted by Crippen LogP contribution is -2.65. The third-order valence-corrected chi connectivity index (χ3v) is 2.22. The van der Waals surface area contributed by atoms with E-state index in [4.69, 9.17) is 22.1 Å². The van der Waals surface area contributed by atoms with Gasteiger partial charge in [0.05, 0.1) is 25.2 Å². The molecule has 6 nitrogen and oxygen atoms in total. The molecule has 1 heterocycles. The maximum Gasteiger partial charge on any atom is 0.315 e. The Kier molecular flexibility index (Phi) is 4.16. The van der Waals surface area contributed by atoms with Gasteiger partial charge < -0.3 is 21.1 Å². The molecule has 0 radical (unpaired) electrons. The summed E-state index contributed by atoms with van der Waals surface area (Å²) in [6.07, 6.45) is 0.0846. The van der Waals surface area contributed by atoms with Crippen molar-refractivity contribution in [2.75, 3.05) is 25.6 Å². The zero-order valence-electron chi connectivity index (χ0n) is 8.22. The van der Waals surface area contributed by atoms with Crippen molar-refractivity contribution in [3.8, 4) is 0 Å². The van der Waals surface area contributed by atoms with E-state index in [1.54, 1.807) is 0 Å². The number of carbonyl (C=O) groups excluding carboxylic acids is 2. The van der Waals surface area contributed by atoms with Crippen molar-refractivity contribution in [2.24, 2.45) is 5.73 Å². The molecule has 0 aromatic rings. The lowest BCUT2D eigenvalue weighted by atomic mass is 9.93. The number of carbonyl (C=O) groups is 2. The second-order valence-corrected chi connectivity index (χ2v) is 3.86. The Morgan fingerprint density at radius 3 is 2.53 bits per heavy atom. The molecule has 4 N–H and O–H groups in total. The van der Waals surface area contributed by atoms with Crippen LogP contribution in [0.1, 0.15) is 6.42 Å². The van der Waals surface area contributed by atoms with Crippen molar-refractivity contribution in [3.63, 3.8) is 0 Å². The van der Waals surface area contributed by atoms with E-state index in [2.05, 4.69) is 10.6 Å². The van der Waals surface area contributed by atoms with E-state index in [-0.39, 0.29) is 12.5 Å². The summed E-state index contributed by atoms with van der Waals surface area (Å²) in [6.45, 7) is 0.995. The van der Waals surface area contributed by atoms with Crippen LogP contribution in [0.3, 0.4) is 0 Å². The number of rotatable bonds is 5. The van der Waals surface area contributed by atoms with E-state index in [1.807, 2.05) is 0 Å². The number of alkyl halides is 1. The van der Waals surface area contributed by atoms with Gasteiger partial charge in [0.2, 0.25) is 5.91 Å². The fourth-order valence-electron chi connectivity index (χ4n) is 1.35. The standard InChI is InChI=1S/C8H14ClN3O3/c9-1-2-11-7(14)12-8(3-6(10)13)4-15-5-8/h1-5H2,(H2,10,13)(H2,11,12,14). The van der Waals surface area contributed by atoms with Crippen LogP contribution in [0.25, 0.3) is 0 Å². The molecule has 0 bridgehead atoms. The van der Waals surface area contributed by atoms with Gasteiger partial charge in [0, 0.05) is 12.4 Å². The average molecular weight is 236 g/mol. The third kappa shape index (κ3) is 3.56. The van der Waals surface area contributed by atoms with Gasteiger partial charge in [0.25, 0.3) is 0 Å². The van der Waals surface area contributed by atoms with Gasteiger partial charge in [-0.25, -0.2) is 4.79 Å². The predicted octanol–water partition coefficient (Wildman–Crippen LogP) is -0.831. The van der Waals surface area contributed by atoms with Crippen molar-refractivity contribution in [2.45, 2.75) is 12.0 Å². The zero-order valence-corrected chi connectivity index (χ0v) is 8.97. The molecule has 15 heavy (non-hydrogen) atoms. The van der Waals surface area contributed by atoms with Crippen LogP contribution >= 0.6 is 11.6 Å². The fourth-order valence-corrected chi connectivity index (χ4v) is 1.44. The molecule has 0 saturated carbocycles. The Balaban J connectivity index is 2.38. The number of hydrogen-bond donors (Lipinski definition) is 3. The Morgan fingerprint density at radius 1 is 1.47 bits per heavy atom. The highest BCUT2D eigenvalue weighted by Gasteiger charge is 2.41. The molecule has 1 aliphatic heterocycles. The monoisotopic (exact) mass is 235 g/mol. The molecule has 1 saturated heterocycles. The van der Waals surface area contributed by atoms with Gasteiger partial charge in [0.15, 0.2) is 0 Å². The number of nitrogens with one attached hydrogen (secondary N) is 2. The third-order valence-electron chi connectivity index (χ3n) is 2.03. The Morgan fingerprint density at radius 2 is 2.13 bits per heavy atom. The molecule has 0 unspecified atom stereocenters. The number of nitrogens with two attached hydrogens (primary N) is 1. The quantitative estimate of drug-likeness (QED) is 0.543. The number of amides is 3. The van der Waals surface area contributed by atoms with Crippen molar-refractivity contribution >= 4 is 23.5 Å². The van der Waals surface area contributed by atoms with E-state index < -0.39 is 11.4 Å². The maximum absolute atomic E-state index is 11.3. The van der Waals surface area contributed by atoms with Gasteiger partial charge in [-0.15, -0.1) is 11.6 Å². The minimum Gasteiger partial charge on any atom is -0.376 e.